The molecule has 0 spiro atoms. The number of halogens is 3. The van der Waals surface area contributed by atoms with Gasteiger partial charge in [0, 0.05) is 0 Å². The molecule has 0 atom stereocenters. The highest BCUT2D eigenvalue weighted by molar-refractivity contribution is 5.92. The van der Waals surface area contributed by atoms with Crippen LogP contribution < -0.4 is 0 Å². The molecule has 1 rings (SSSR count). The predicted octanol–water partition coefficient (Wildman–Crippen LogP) is 3.24. The Morgan fingerprint density at radius 2 is 2.00 bits per heavy atom. The van der Waals surface area contributed by atoms with Crippen LogP contribution in [-0.2, 0) is 15.7 Å². The summed E-state index contributed by atoms with van der Waals surface area (Å²) in [5.74, 6) is -1.08. The van der Waals surface area contributed by atoms with Crippen LogP contribution in [0.15, 0.2) is 23.2 Å². The van der Waals surface area contributed by atoms with Gasteiger partial charge >= 0.3 is 12.1 Å². The number of esters is 1. The van der Waals surface area contributed by atoms with Crippen molar-refractivity contribution in [1.29, 1.82) is 0 Å². The lowest BCUT2D eigenvalue weighted by Crippen LogP contribution is -2.17. The number of carbonyl (C=O) groups excluding carboxylic acids is 2. The second kappa shape index (κ2) is 5.67. The van der Waals surface area contributed by atoms with Gasteiger partial charge in [0.1, 0.15) is 0 Å². The van der Waals surface area contributed by atoms with E-state index in [2.05, 4.69) is 4.99 Å². The quantitative estimate of drug-likeness (QED) is 0.482. The topological polar surface area (TPSA) is 55.7 Å². The van der Waals surface area contributed by atoms with Crippen LogP contribution in [-0.4, -0.2) is 18.2 Å². The van der Waals surface area contributed by atoms with Crippen LogP contribution in [0.5, 0.6) is 0 Å². The molecule has 1 aromatic rings. The Bertz CT molecular complexity index is 532. The molecular formula is C12H10F3NO3. The Labute approximate surface area is 106 Å². The van der Waals surface area contributed by atoms with Crippen molar-refractivity contribution in [3.63, 3.8) is 0 Å². The van der Waals surface area contributed by atoms with Gasteiger partial charge in [-0.2, -0.15) is 18.2 Å². The first-order chi connectivity index (χ1) is 8.75. The maximum absolute atomic E-state index is 12.8. The number of ether oxygens (including phenoxy) is 1. The largest absolute Gasteiger partial charge is 0.459 e. The van der Waals surface area contributed by atoms with Gasteiger partial charge in [-0.15, -0.1) is 0 Å². The minimum atomic E-state index is -4.75. The molecule has 0 radical (unpaired) electrons. The average molecular weight is 273 g/mol. The van der Waals surface area contributed by atoms with Gasteiger partial charge < -0.3 is 4.74 Å². The van der Waals surface area contributed by atoms with Crippen LogP contribution in [0, 0.1) is 0 Å². The third-order valence-electron chi connectivity index (χ3n) is 2.05. The van der Waals surface area contributed by atoms with Gasteiger partial charge in [0.05, 0.1) is 22.9 Å². The van der Waals surface area contributed by atoms with Crippen LogP contribution in [0.25, 0.3) is 0 Å². The number of rotatable bonds is 3. The highest BCUT2D eigenvalue weighted by Crippen LogP contribution is 2.34. The molecular weight excluding hydrogens is 263 g/mol. The number of alkyl halides is 3. The molecule has 0 aliphatic heterocycles. The van der Waals surface area contributed by atoms with E-state index < -0.39 is 29.4 Å². The number of benzene rings is 1. The number of hydrogen-bond donors (Lipinski definition) is 0. The molecule has 0 saturated carbocycles. The van der Waals surface area contributed by atoms with Crippen LogP contribution in [0.4, 0.5) is 18.9 Å². The zero-order chi connectivity index (χ0) is 14.6. The zero-order valence-electron chi connectivity index (χ0n) is 10.1. The fourth-order valence-electron chi connectivity index (χ4n) is 1.34. The second-order valence-electron chi connectivity index (χ2n) is 3.88. The van der Waals surface area contributed by atoms with E-state index in [0.717, 1.165) is 18.2 Å². The molecule has 0 aliphatic carbocycles. The van der Waals surface area contributed by atoms with Crippen LogP contribution in [0.2, 0.25) is 0 Å². The lowest BCUT2D eigenvalue weighted by Gasteiger charge is -2.14. The van der Waals surface area contributed by atoms with Crippen molar-refractivity contribution < 1.29 is 27.5 Å². The highest BCUT2D eigenvalue weighted by atomic mass is 19.4. The van der Waals surface area contributed by atoms with Gasteiger partial charge in [-0.3, -0.25) is 0 Å². The maximum atomic E-state index is 12.8. The summed E-state index contributed by atoms with van der Waals surface area (Å²) in [6.07, 6.45) is -4.16. The Balaban J connectivity index is 3.31. The fourth-order valence-corrected chi connectivity index (χ4v) is 1.34. The predicted molar refractivity (Wildman–Crippen MR) is 59.8 cm³/mol. The first-order valence-corrected chi connectivity index (χ1v) is 5.25. The first-order valence-electron chi connectivity index (χ1n) is 5.25. The van der Waals surface area contributed by atoms with E-state index in [1.165, 1.54) is 13.8 Å². The Kier molecular flexibility index (Phi) is 4.45. The number of carbonyl (C=O) groups is 1. The van der Waals surface area contributed by atoms with Crippen molar-refractivity contribution in [2.75, 3.05) is 0 Å². The van der Waals surface area contributed by atoms with Gasteiger partial charge in [-0.05, 0) is 32.0 Å². The van der Waals surface area contributed by atoms with Crippen molar-refractivity contribution >= 4 is 17.7 Å². The molecule has 0 heterocycles. The molecule has 0 unspecified atom stereocenters. The summed E-state index contributed by atoms with van der Waals surface area (Å²) in [5, 5.41) is 0. The smallest absolute Gasteiger partial charge is 0.417 e. The SMILES string of the molecule is CC(C)OC(=O)c1ccc(N=C=O)cc1C(F)(F)F. The molecule has 7 heteroatoms. The van der Waals surface area contributed by atoms with Gasteiger partial charge in [0.25, 0.3) is 0 Å². The van der Waals surface area contributed by atoms with Gasteiger partial charge in [-0.1, -0.05) is 0 Å². The lowest BCUT2D eigenvalue weighted by molar-refractivity contribution is -0.138. The summed E-state index contributed by atoms with van der Waals surface area (Å²) >= 11 is 0. The Morgan fingerprint density at radius 1 is 1.37 bits per heavy atom. The monoisotopic (exact) mass is 273 g/mol. The summed E-state index contributed by atoms with van der Waals surface area (Å²) in [5.41, 5.74) is -2.05. The summed E-state index contributed by atoms with van der Waals surface area (Å²) in [7, 11) is 0. The zero-order valence-corrected chi connectivity index (χ0v) is 10.1. The molecule has 1 aromatic carbocycles. The molecule has 4 nitrogen and oxygen atoms in total. The van der Waals surface area contributed by atoms with Crippen molar-refractivity contribution in [2.24, 2.45) is 4.99 Å². The van der Waals surface area contributed by atoms with E-state index in [9.17, 15) is 22.8 Å². The van der Waals surface area contributed by atoms with Crippen LogP contribution in [0.1, 0.15) is 29.8 Å². The highest BCUT2D eigenvalue weighted by Gasteiger charge is 2.36. The summed E-state index contributed by atoms with van der Waals surface area (Å²) < 4.78 is 43.2. The van der Waals surface area contributed by atoms with E-state index in [1.807, 2.05) is 0 Å². The molecule has 0 fully saturated rings. The second-order valence-corrected chi connectivity index (χ2v) is 3.88. The van der Waals surface area contributed by atoms with Crippen molar-refractivity contribution in [3.05, 3.63) is 29.3 Å². The van der Waals surface area contributed by atoms with Crippen molar-refractivity contribution in [3.8, 4) is 0 Å². The standard InChI is InChI=1S/C12H10F3NO3/c1-7(2)19-11(18)9-4-3-8(16-6-17)5-10(9)12(13,14)15/h3-5,7H,1-2H3. The van der Waals surface area contributed by atoms with E-state index in [4.69, 9.17) is 4.74 Å². The Hall–Kier alpha value is -2.14. The minimum Gasteiger partial charge on any atom is -0.459 e. The average Bonchev–Trinajstić information content (AvgIpc) is 2.27. The Morgan fingerprint density at radius 3 is 2.47 bits per heavy atom. The van der Waals surface area contributed by atoms with Crippen LogP contribution in [0.3, 0.4) is 0 Å². The molecule has 102 valence electrons. The minimum absolute atomic E-state index is 0.233. The van der Waals surface area contributed by atoms with Crippen molar-refractivity contribution in [1.82, 2.24) is 0 Å². The summed E-state index contributed by atoms with van der Waals surface area (Å²) in [6, 6.07) is 2.63. The van der Waals surface area contributed by atoms with E-state index in [0.29, 0.717) is 6.07 Å². The molecule has 0 aliphatic rings. The van der Waals surface area contributed by atoms with Crippen molar-refractivity contribution in [2.45, 2.75) is 26.1 Å². The molecule has 0 amide bonds. The first kappa shape index (κ1) is 14.9. The van der Waals surface area contributed by atoms with E-state index >= 15 is 0 Å². The molecule has 19 heavy (non-hydrogen) atoms. The normalized spacial score (nSPS) is 11.1. The number of hydrogen-bond acceptors (Lipinski definition) is 4. The van der Waals surface area contributed by atoms with E-state index in [-0.39, 0.29) is 5.69 Å². The van der Waals surface area contributed by atoms with Gasteiger partial charge in [-0.25, -0.2) is 9.59 Å². The van der Waals surface area contributed by atoms with Gasteiger partial charge in [0.15, 0.2) is 0 Å². The fraction of sp³-hybridized carbons (Fsp3) is 0.333. The lowest BCUT2D eigenvalue weighted by atomic mass is 10.1. The number of nitrogens with zero attached hydrogens (tertiary/aromatic N) is 1. The number of isocyanates is 1. The molecule has 0 bridgehead atoms. The van der Waals surface area contributed by atoms with Gasteiger partial charge in [0.2, 0.25) is 6.08 Å². The number of aliphatic imine (C=N–C) groups is 1. The van der Waals surface area contributed by atoms with Crippen LogP contribution >= 0.6 is 0 Å². The molecule has 0 N–H and O–H groups in total. The van der Waals surface area contributed by atoms with E-state index in [1.54, 1.807) is 0 Å². The third-order valence-corrected chi connectivity index (χ3v) is 2.05. The molecule has 0 aromatic heterocycles. The summed E-state index contributed by atoms with van der Waals surface area (Å²) in [6.45, 7) is 3.05. The molecule has 0 saturated heterocycles. The summed E-state index contributed by atoms with van der Waals surface area (Å²) in [4.78, 5) is 24.7. The third kappa shape index (κ3) is 3.93. The maximum Gasteiger partial charge on any atom is 0.417 e.